The van der Waals surface area contributed by atoms with Crippen LogP contribution in [0, 0.1) is 0 Å². The molecule has 20 heavy (non-hydrogen) atoms. The number of hydrogen-bond acceptors (Lipinski definition) is 4. The van der Waals surface area contributed by atoms with E-state index in [0.29, 0.717) is 19.3 Å². The Bertz CT molecular complexity index is 434. The van der Waals surface area contributed by atoms with Crippen LogP contribution in [0.15, 0.2) is 12.1 Å². The smallest absolute Gasteiger partial charge is 0.161 e. The van der Waals surface area contributed by atoms with E-state index in [1.54, 1.807) is 0 Å². The van der Waals surface area contributed by atoms with E-state index in [1.807, 2.05) is 13.8 Å². The van der Waals surface area contributed by atoms with Crippen LogP contribution in [0.25, 0.3) is 0 Å². The van der Waals surface area contributed by atoms with Crippen LogP contribution in [-0.4, -0.2) is 31.5 Å². The van der Waals surface area contributed by atoms with E-state index >= 15 is 0 Å². The normalized spacial score (nSPS) is 17.6. The van der Waals surface area contributed by atoms with Gasteiger partial charge >= 0.3 is 0 Å². The SMILES string of the molecule is CCOc1cc2c(cc1OCC)C(CCCO)NCC2. The fourth-order valence-electron chi connectivity index (χ4n) is 2.74. The molecule has 0 amide bonds. The zero-order valence-corrected chi connectivity index (χ0v) is 12.4. The monoisotopic (exact) mass is 279 g/mol. The van der Waals surface area contributed by atoms with Crippen LogP contribution < -0.4 is 14.8 Å². The van der Waals surface area contributed by atoms with Crippen molar-refractivity contribution in [1.29, 1.82) is 0 Å². The molecule has 1 aliphatic rings. The summed E-state index contributed by atoms with van der Waals surface area (Å²) in [7, 11) is 0. The van der Waals surface area contributed by atoms with E-state index < -0.39 is 0 Å². The summed E-state index contributed by atoms with van der Waals surface area (Å²) in [5.74, 6) is 1.67. The van der Waals surface area contributed by atoms with Gasteiger partial charge in [-0.15, -0.1) is 0 Å². The van der Waals surface area contributed by atoms with Crippen molar-refractivity contribution in [3.63, 3.8) is 0 Å². The van der Waals surface area contributed by atoms with Crippen LogP contribution in [0.5, 0.6) is 11.5 Å². The van der Waals surface area contributed by atoms with Gasteiger partial charge in [0.2, 0.25) is 0 Å². The molecular formula is C16H25NO3. The molecule has 0 radical (unpaired) electrons. The third-order valence-corrected chi connectivity index (χ3v) is 3.62. The molecule has 0 saturated heterocycles. The first-order valence-electron chi connectivity index (χ1n) is 7.56. The molecule has 4 nitrogen and oxygen atoms in total. The van der Waals surface area contributed by atoms with Gasteiger partial charge in [-0.05, 0) is 62.9 Å². The van der Waals surface area contributed by atoms with Crippen molar-refractivity contribution in [2.45, 2.75) is 39.2 Å². The Labute approximate surface area is 121 Å². The molecule has 2 rings (SSSR count). The maximum atomic E-state index is 9.03. The fraction of sp³-hybridized carbons (Fsp3) is 0.625. The molecule has 1 atom stereocenters. The summed E-state index contributed by atoms with van der Waals surface area (Å²) in [6, 6.07) is 4.54. The first-order chi connectivity index (χ1) is 9.80. The Hall–Kier alpha value is -1.26. The molecule has 0 saturated carbocycles. The summed E-state index contributed by atoms with van der Waals surface area (Å²) in [5, 5.41) is 12.5. The van der Waals surface area contributed by atoms with E-state index in [-0.39, 0.29) is 6.61 Å². The van der Waals surface area contributed by atoms with E-state index in [1.165, 1.54) is 11.1 Å². The van der Waals surface area contributed by atoms with Gasteiger partial charge in [0.25, 0.3) is 0 Å². The molecule has 4 heteroatoms. The average molecular weight is 279 g/mol. The van der Waals surface area contributed by atoms with Crippen molar-refractivity contribution in [2.24, 2.45) is 0 Å². The highest BCUT2D eigenvalue weighted by atomic mass is 16.5. The molecule has 1 aromatic carbocycles. The molecular weight excluding hydrogens is 254 g/mol. The maximum Gasteiger partial charge on any atom is 0.161 e. The van der Waals surface area contributed by atoms with Gasteiger partial charge in [0.05, 0.1) is 13.2 Å². The third kappa shape index (κ3) is 3.44. The van der Waals surface area contributed by atoms with Gasteiger partial charge in [0, 0.05) is 12.6 Å². The zero-order valence-electron chi connectivity index (χ0n) is 12.4. The maximum absolute atomic E-state index is 9.03. The van der Waals surface area contributed by atoms with Crippen molar-refractivity contribution in [2.75, 3.05) is 26.4 Å². The number of aliphatic hydroxyl groups is 1. The van der Waals surface area contributed by atoms with Crippen LogP contribution in [-0.2, 0) is 6.42 Å². The minimum atomic E-state index is 0.239. The van der Waals surface area contributed by atoms with E-state index in [0.717, 1.165) is 37.3 Å². The summed E-state index contributed by atoms with van der Waals surface area (Å²) >= 11 is 0. The third-order valence-electron chi connectivity index (χ3n) is 3.62. The van der Waals surface area contributed by atoms with Gasteiger partial charge < -0.3 is 19.9 Å². The predicted octanol–water partition coefficient (Wildman–Crippen LogP) is 2.44. The Kier molecular flexibility index (Phi) is 5.68. The lowest BCUT2D eigenvalue weighted by molar-refractivity contribution is 0.272. The first-order valence-corrected chi connectivity index (χ1v) is 7.56. The molecule has 0 aliphatic carbocycles. The Morgan fingerprint density at radius 1 is 1.20 bits per heavy atom. The summed E-state index contributed by atoms with van der Waals surface area (Å²) in [6.07, 6.45) is 2.77. The van der Waals surface area contributed by atoms with Crippen LogP contribution in [0.3, 0.4) is 0 Å². The van der Waals surface area contributed by atoms with E-state index in [9.17, 15) is 0 Å². The number of benzene rings is 1. The van der Waals surface area contributed by atoms with Gasteiger partial charge in [-0.25, -0.2) is 0 Å². The minimum Gasteiger partial charge on any atom is -0.490 e. The largest absolute Gasteiger partial charge is 0.490 e. The zero-order chi connectivity index (χ0) is 14.4. The first kappa shape index (κ1) is 15.1. The molecule has 1 heterocycles. The van der Waals surface area contributed by atoms with Crippen molar-refractivity contribution in [3.05, 3.63) is 23.3 Å². The number of ether oxygens (including phenoxy) is 2. The molecule has 112 valence electrons. The van der Waals surface area contributed by atoms with Gasteiger partial charge in [-0.2, -0.15) is 0 Å². The lowest BCUT2D eigenvalue weighted by atomic mass is 9.91. The molecule has 0 aromatic heterocycles. The van der Waals surface area contributed by atoms with Gasteiger partial charge in [0.15, 0.2) is 11.5 Å². The number of aliphatic hydroxyl groups excluding tert-OH is 1. The summed E-state index contributed by atoms with van der Waals surface area (Å²) in [4.78, 5) is 0. The second kappa shape index (κ2) is 7.50. The molecule has 0 spiro atoms. The molecule has 0 fully saturated rings. The van der Waals surface area contributed by atoms with Gasteiger partial charge in [-0.3, -0.25) is 0 Å². The second-order valence-electron chi connectivity index (χ2n) is 4.99. The van der Waals surface area contributed by atoms with E-state index in [2.05, 4.69) is 17.4 Å². The van der Waals surface area contributed by atoms with Crippen LogP contribution in [0.1, 0.15) is 43.9 Å². The lowest BCUT2D eigenvalue weighted by Gasteiger charge is -2.28. The number of fused-ring (bicyclic) bond motifs is 1. The van der Waals surface area contributed by atoms with Crippen molar-refractivity contribution in [3.8, 4) is 11.5 Å². The summed E-state index contributed by atoms with van der Waals surface area (Å²) in [6.45, 7) is 6.46. The molecule has 2 N–H and O–H groups in total. The quantitative estimate of drug-likeness (QED) is 0.805. The Morgan fingerprint density at radius 2 is 1.90 bits per heavy atom. The van der Waals surface area contributed by atoms with Gasteiger partial charge in [0.1, 0.15) is 0 Å². The van der Waals surface area contributed by atoms with Crippen LogP contribution >= 0.6 is 0 Å². The molecule has 1 aliphatic heterocycles. The molecule has 1 aromatic rings. The van der Waals surface area contributed by atoms with Crippen LogP contribution in [0.4, 0.5) is 0 Å². The number of hydrogen-bond donors (Lipinski definition) is 2. The second-order valence-corrected chi connectivity index (χ2v) is 4.99. The Balaban J connectivity index is 2.30. The molecule has 1 unspecified atom stereocenters. The summed E-state index contributed by atoms with van der Waals surface area (Å²) < 4.78 is 11.4. The lowest BCUT2D eigenvalue weighted by Crippen LogP contribution is -2.30. The topological polar surface area (TPSA) is 50.7 Å². The fourth-order valence-corrected chi connectivity index (χ4v) is 2.74. The predicted molar refractivity (Wildman–Crippen MR) is 79.5 cm³/mol. The summed E-state index contributed by atoms with van der Waals surface area (Å²) in [5.41, 5.74) is 2.62. The van der Waals surface area contributed by atoms with Crippen molar-refractivity contribution in [1.82, 2.24) is 5.32 Å². The standard InChI is InChI=1S/C16H25NO3/c1-3-19-15-10-12-7-8-17-14(6-5-9-18)13(12)11-16(15)20-4-2/h10-11,14,17-18H,3-9H2,1-2H3. The Morgan fingerprint density at radius 3 is 2.55 bits per heavy atom. The highest BCUT2D eigenvalue weighted by molar-refractivity contribution is 5.49. The van der Waals surface area contributed by atoms with Crippen molar-refractivity contribution >= 4 is 0 Å². The molecule has 0 bridgehead atoms. The number of rotatable bonds is 7. The number of nitrogens with one attached hydrogen (secondary N) is 1. The average Bonchev–Trinajstić information content (AvgIpc) is 2.46. The highest BCUT2D eigenvalue weighted by Crippen LogP contribution is 2.36. The highest BCUT2D eigenvalue weighted by Gasteiger charge is 2.22. The van der Waals surface area contributed by atoms with Crippen molar-refractivity contribution < 1.29 is 14.6 Å². The van der Waals surface area contributed by atoms with E-state index in [4.69, 9.17) is 14.6 Å². The minimum absolute atomic E-state index is 0.239. The van der Waals surface area contributed by atoms with Gasteiger partial charge in [-0.1, -0.05) is 0 Å². The van der Waals surface area contributed by atoms with Crippen LogP contribution in [0.2, 0.25) is 0 Å².